The van der Waals surface area contributed by atoms with Crippen molar-refractivity contribution in [3.63, 3.8) is 0 Å². The molecule has 0 aliphatic heterocycles. The van der Waals surface area contributed by atoms with Crippen molar-refractivity contribution in [2.24, 2.45) is 0 Å². The predicted octanol–water partition coefficient (Wildman–Crippen LogP) is 4.13. The second-order valence-corrected chi connectivity index (χ2v) is 5.70. The maximum absolute atomic E-state index is 13.1. The van der Waals surface area contributed by atoms with Crippen LogP contribution in [0.5, 0.6) is 0 Å². The fourth-order valence-electron chi connectivity index (χ4n) is 2.42. The van der Waals surface area contributed by atoms with E-state index in [0.717, 1.165) is 10.1 Å². The quantitative estimate of drug-likeness (QED) is 0.645. The molecule has 0 aliphatic rings. The van der Waals surface area contributed by atoms with Crippen LogP contribution in [0.25, 0.3) is 0 Å². The summed E-state index contributed by atoms with van der Waals surface area (Å²) in [5.74, 6) is -1.06. The van der Waals surface area contributed by atoms with Crippen LogP contribution in [-0.4, -0.2) is 28.2 Å². The van der Waals surface area contributed by atoms with Crippen molar-refractivity contribution in [1.82, 2.24) is 9.55 Å². The van der Waals surface area contributed by atoms with Gasteiger partial charge in [-0.2, -0.15) is 0 Å². The molecule has 0 spiro atoms. The van der Waals surface area contributed by atoms with Gasteiger partial charge in [0.1, 0.15) is 12.4 Å². The summed E-state index contributed by atoms with van der Waals surface area (Å²) >= 11 is 0. The molecule has 0 atom stereocenters. The number of aromatic nitrogens is 2. The van der Waals surface area contributed by atoms with Crippen LogP contribution in [0.1, 0.15) is 23.0 Å². The number of nitrogens with one attached hydrogen (secondary N) is 1. The molecular formula is C20H18FN3O4. The number of benzene rings is 2. The van der Waals surface area contributed by atoms with E-state index in [1.807, 2.05) is 30.3 Å². The number of nitrogens with zero attached hydrogens (tertiary/aromatic N) is 2. The van der Waals surface area contributed by atoms with Crippen LogP contribution in [-0.2, 0) is 16.1 Å². The maximum atomic E-state index is 13.1. The third-order valence-corrected chi connectivity index (χ3v) is 3.73. The molecule has 7 nitrogen and oxygen atoms in total. The standard InChI is InChI=1S/C20H18FN3O4/c1-2-27-18(25)17-12-22-19(23-16-10-8-15(21)9-11-16)24(17)20(26)28-13-14-6-4-3-5-7-14/h3-12H,2,13H2,1H3,(H,22,23). The molecule has 0 amide bonds. The minimum atomic E-state index is -0.797. The topological polar surface area (TPSA) is 82.5 Å². The molecule has 2 aromatic carbocycles. The molecule has 0 saturated heterocycles. The third-order valence-electron chi connectivity index (χ3n) is 3.73. The lowest BCUT2D eigenvalue weighted by molar-refractivity contribution is 0.0511. The molecule has 0 saturated carbocycles. The van der Waals surface area contributed by atoms with Gasteiger partial charge in [-0.15, -0.1) is 0 Å². The molecule has 0 unspecified atom stereocenters. The largest absolute Gasteiger partial charge is 0.461 e. The first kappa shape index (κ1) is 19.1. The van der Waals surface area contributed by atoms with Gasteiger partial charge < -0.3 is 14.8 Å². The predicted molar refractivity (Wildman–Crippen MR) is 99.9 cm³/mol. The Labute approximate surface area is 160 Å². The molecule has 0 fully saturated rings. The molecule has 8 heteroatoms. The monoisotopic (exact) mass is 383 g/mol. The average molecular weight is 383 g/mol. The number of hydrogen-bond donors (Lipinski definition) is 1. The zero-order chi connectivity index (χ0) is 19.9. The van der Waals surface area contributed by atoms with Gasteiger partial charge in [-0.05, 0) is 36.8 Å². The van der Waals surface area contributed by atoms with Gasteiger partial charge in [-0.25, -0.2) is 23.5 Å². The van der Waals surface area contributed by atoms with Gasteiger partial charge in [0.2, 0.25) is 5.95 Å². The average Bonchev–Trinajstić information content (AvgIpc) is 3.12. The number of carbonyl (C=O) groups is 2. The fraction of sp³-hybridized carbons (Fsp3) is 0.150. The Bertz CT molecular complexity index is 955. The highest BCUT2D eigenvalue weighted by molar-refractivity contribution is 5.93. The highest BCUT2D eigenvalue weighted by Crippen LogP contribution is 2.19. The van der Waals surface area contributed by atoms with E-state index in [-0.39, 0.29) is 24.9 Å². The van der Waals surface area contributed by atoms with E-state index in [9.17, 15) is 14.0 Å². The Kier molecular flexibility index (Phi) is 6.01. The minimum absolute atomic E-state index is 0.0239. The van der Waals surface area contributed by atoms with Crippen molar-refractivity contribution >= 4 is 23.7 Å². The number of ether oxygens (including phenoxy) is 2. The number of esters is 1. The molecule has 0 radical (unpaired) electrons. The van der Waals surface area contributed by atoms with Gasteiger partial charge in [-0.1, -0.05) is 30.3 Å². The van der Waals surface area contributed by atoms with Crippen LogP contribution in [0.4, 0.5) is 20.8 Å². The molecular weight excluding hydrogens is 365 g/mol. The van der Waals surface area contributed by atoms with Crippen molar-refractivity contribution in [2.45, 2.75) is 13.5 Å². The highest BCUT2D eigenvalue weighted by atomic mass is 19.1. The van der Waals surface area contributed by atoms with Gasteiger partial charge in [0.05, 0.1) is 12.8 Å². The molecule has 0 aliphatic carbocycles. The first-order valence-corrected chi connectivity index (χ1v) is 8.57. The smallest absolute Gasteiger partial charge is 0.421 e. The van der Waals surface area contributed by atoms with E-state index in [0.29, 0.717) is 5.69 Å². The van der Waals surface area contributed by atoms with Crippen molar-refractivity contribution in [3.05, 3.63) is 77.9 Å². The van der Waals surface area contributed by atoms with Crippen molar-refractivity contribution in [2.75, 3.05) is 11.9 Å². The summed E-state index contributed by atoms with van der Waals surface area (Å²) in [6, 6.07) is 14.6. The van der Waals surface area contributed by atoms with Crippen molar-refractivity contribution < 1.29 is 23.5 Å². The Hall–Kier alpha value is -3.68. The van der Waals surface area contributed by atoms with Crippen LogP contribution in [0.2, 0.25) is 0 Å². The summed E-state index contributed by atoms with van der Waals surface area (Å²) in [4.78, 5) is 28.9. The first-order chi connectivity index (χ1) is 13.6. The lowest BCUT2D eigenvalue weighted by Crippen LogP contribution is -2.21. The van der Waals surface area contributed by atoms with Crippen molar-refractivity contribution in [3.8, 4) is 0 Å². The van der Waals surface area contributed by atoms with E-state index in [1.165, 1.54) is 30.5 Å². The van der Waals surface area contributed by atoms with Crippen LogP contribution in [0.3, 0.4) is 0 Å². The Balaban J connectivity index is 1.86. The number of imidazole rings is 1. The van der Waals surface area contributed by atoms with E-state index in [1.54, 1.807) is 6.92 Å². The van der Waals surface area contributed by atoms with E-state index < -0.39 is 17.9 Å². The molecule has 3 aromatic rings. The Morgan fingerprint density at radius 3 is 2.46 bits per heavy atom. The van der Waals surface area contributed by atoms with Gasteiger partial charge in [0.25, 0.3) is 0 Å². The van der Waals surface area contributed by atoms with Crippen LogP contribution < -0.4 is 5.32 Å². The van der Waals surface area contributed by atoms with Crippen molar-refractivity contribution in [1.29, 1.82) is 0 Å². The van der Waals surface area contributed by atoms with Crippen LogP contribution >= 0.6 is 0 Å². The normalized spacial score (nSPS) is 10.4. The van der Waals surface area contributed by atoms with E-state index >= 15 is 0 Å². The summed E-state index contributed by atoms with van der Waals surface area (Å²) in [5, 5.41) is 2.87. The number of rotatable bonds is 6. The van der Waals surface area contributed by atoms with E-state index in [2.05, 4.69) is 10.3 Å². The molecule has 1 N–H and O–H groups in total. The number of halogens is 1. The number of carbonyl (C=O) groups excluding carboxylic acids is 2. The summed E-state index contributed by atoms with van der Waals surface area (Å²) in [6.07, 6.45) is 0.419. The minimum Gasteiger partial charge on any atom is -0.461 e. The summed E-state index contributed by atoms with van der Waals surface area (Å²) in [6.45, 7) is 1.82. The Morgan fingerprint density at radius 2 is 1.79 bits per heavy atom. The molecule has 1 aromatic heterocycles. The first-order valence-electron chi connectivity index (χ1n) is 8.57. The number of anilines is 2. The van der Waals surface area contributed by atoms with Gasteiger partial charge in [0, 0.05) is 5.69 Å². The second-order valence-electron chi connectivity index (χ2n) is 5.70. The third kappa shape index (κ3) is 4.53. The molecule has 144 valence electrons. The number of hydrogen-bond acceptors (Lipinski definition) is 6. The van der Waals surface area contributed by atoms with Gasteiger partial charge >= 0.3 is 12.1 Å². The van der Waals surface area contributed by atoms with Gasteiger partial charge in [0.15, 0.2) is 5.69 Å². The molecule has 1 heterocycles. The zero-order valence-corrected chi connectivity index (χ0v) is 15.1. The molecule has 0 bridgehead atoms. The molecule has 28 heavy (non-hydrogen) atoms. The fourth-order valence-corrected chi connectivity index (χ4v) is 2.42. The molecule has 3 rings (SSSR count). The van der Waals surface area contributed by atoms with E-state index in [4.69, 9.17) is 9.47 Å². The van der Waals surface area contributed by atoms with Gasteiger partial charge in [-0.3, -0.25) is 0 Å². The summed E-state index contributed by atoms with van der Waals surface area (Å²) in [5.41, 5.74) is 1.20. The highest BCUT2D eigenvalue weighted by Gasteiger charge is 2.24. The SMILES string of the molecule is CCOC(=O)c1cnc(Nc2ccc(F)cc2)n1C(=O)OCc1ccccc1. The van der Waals surface area contributed by atoms with Crippen LogP contribution in [0, 0.1) is 5.82 Å². The zero-order valence-electron chi connectivity index (χ0n) is 15.1. The maximum Gasteiger partial charge on any atom is 0.421 e. The Morgan fingerprint density at radius 1 is 1.07 bits per heavy atom. The second kappa shape index (κ2) is 8.81. The lowest BCUT2D eigenvalue weighted by Gasteiger charge is -2.12. The summed E-state index contributed by atoms with van der Waals surface area (Å²) < 4.78 is 24.4. The van der Waals surface area contributed by atoms with Crippen LogP contribution in [0.15, 0.2) is 60.8 Å². The lowest BCUT2D eigenvalue weighted by atomic mass is 10.2. The summed E-state index contributed by atoms with van der Waals surface area (Å²) in [7, 11) is 0.